The van der Waals surface area contributed by atoms with Crippen molar-refractivity contribution in [3.63, 3.8) is 0 Å². The highest BCUT2D eigenvalue weighted by molar-refractivity contribution is 7.80. The molecule has 1 heterocycles. The predicted molar refractivity (Wildman–Crippen MR) is 55.7 cm³/mol. The van der Waals surface area contributed by atoms with Crippen LogP contribution in [-0.4, -0.2) is 4.92 Å². The van der Waals surface area contributed by atoms with E-state index in [1.807, 2.05) is 0 Å². The van der Waals surface area contributed by atoms with Gasteiger partial charge in [-0.2, -0.15) is 0 Å². The quantitative estimate of drug-likeness (QED) is 0.463. The van der Waals surface area contributed by atoms with E-state index in [4.69, 9.17) is 0 Å². The zero-order valence-corrected chi connectivity index (χ0v) is 8.44. The number of thiol groups is 1. The highest BCUT2D eigenvalue weighted by Gasteiger charge is 2.20. The second-order valence-electron chi connectivity index (χ2n) is 2.65. The van der Waals surface area contributed by atoms with Crippen LogP contribution < -0.4 is 0 Å². The molecule has 0 saturated heterocycles. The van der Waals surface area contributed by atoms with Gasteiger partial charge in [-0.25, -0.2) is 4.39 Å². The van der Waals surface area contributed by atoms with Crippen LogP contribution in [0.2, 0.25) is 0 Å². The van der Waals surface area contributed by atoms with E-state index in [1.54, 1.807) is 6.07 Å². The van der Waals surface area contributed by atoms with Crippen LogP contribution in [0, 0.1) is 15.9 Å². The van der Waals surface area contributed by atoms with Gasteiger partial charge in [0.05, 0.1) is 9.82 Å². The summed E-state index contributed by atoms with van der Waals surface area (Å²) in [6.07, 6.45) is 0. The van der Waals surface area contributed by atoms with Gasteiger partial charge in [-0.15, -0.1) is 24.0 Å². The van der Waals surface area contributed by atoms with Crippen LogP contribution in [0.3, 0.4) is 0 Å². The average molecular weight is 229 g/mol. The number of nitro benzene ring substituents is 1. The molecule has 2 aromatic rings. The summed E-state index contributed by atoms with van der Waals surface area (Å²) in [7, 11) is 0. The van der Waals surface area contributed by atoms with Crippen LogP contribution in [0.1, 0.15) is 0 Å². The fourth-order valence-corrected chi connectivity index (χ4v) is 2.32. The Morgan fingerprint density at radius 2 is 2.21 bits per heavy atom. The fourth-order valence-electron chi connectivity index (χ4n) is 1.25. The summed E-state index contributed by atoms with van der Waals surface area (Å²) in [5, 5.41) is 12.0. The topological polar surface area (TPSA) is 43.1 Å². The predicted octanol–water partition coefficient (Wildman–Crippen LogP) is 3.24. The van der Waals surface area contributed by atoms with E-state index < -0.39 is 10.7 Å². The molecular formula is C8H4FNO2S2. The number of nitro groups is 1. The lowest BCUT2D eigenvalue weighted by Crippen LogP contribution is -1.91. The first-order valence-electron chi connectivity index (χ1n) is 3.64. The standard InChI is InChI=1S/C8H4FNO2S2/c9-4-3-14-6-2-1-5(13)8(7(4)6)10(11)12/h1-3,13H. The molecule has 0 bridgehead atoms. The van der Waals surface area contributed by atoms with Crippen molar-refractivity contribution in [1.29, 1.82) is 0 Å². The summed E-state index contributed by atoms with van der Waals surface area (Å²) in [5.41, 5.74) is -0.260. The maximum absolute atomic E-state index is 13.2. The Morgan fingerprint density at radius 1 is 1.50 bits per heavy atom. The van der Waals surface area contributed by atoms with E-state index >= 15 is 0 Å². The van der Waals surface area contributed by atoms with Crippen molar-refractivity contribution in [1.82, 2.24) is 0 Å². The highest BCUT2D eigenvalue weighted by atomic mass is 32.1. The molecule has 0 N–H and O–H groups in total. The number of hydrogen-bond acceptors (Lipinski definition) is 4. The third kappa shape index (κ3) is 1.27. The van der Waals surface area contributed by atoms with Gasteiger partial charge in [-0.1, -0.05) is 0 Å². The first-order chi connectivity index (χ1) is 6.61. The molecular weight excluding hydrogens is 225 g/mol. The molecule has 0 aliphatic heterocycles. The second kappa shape index (κ2) is 3.21. The number of nitrogens with zero attached hydrogens (tertiary/aromatic N) is 1. The second-order valence-corrected chi connectivity index (χ2v) is 4.04. The lowest BCUT2D eigenvalue weighted by Gasteiger charge is -1.97. The molecule has 0 unspecified atom stereocenters. The van der Waals surface area contributed by atoms with Crippen molar-refractivity contribution in [2.45, 2.75) is 4.90 Å². The Kier molecular flexibility index (Phi) is 2.16. The number of hydrogen-bond donors (Lipinski definition) is 1. The van der Waals surface area contributed by atoms with E-state index in [1.165, 1.54) is 11.4 Å². The summed E-state index contributed by atoms with van der Waals surface area (Å²) in [5.74, 6) is -0.562. The van der Waals surface area contributed by atoms with Crippen molar-refractivity contribution in [3.8, 4) is 0 Å². The van der Waals surface area contributed by atoms with Gasteiger partial charge in [0, 0.05) is 10.1 Å². The molecule has 0 aliphatic rings. The first-order valence-corrected chi connectivity index (χ1v) is 4.97. The SMILES string of the molecule is O=[N+]([O-])c1c(S)ccc2scc(F)c12. The van der Waals surface area contributed by atoms with Gasteiger partial charge in [0.15, 0.2) is 0 Å². The maximum Gasteiger partial charge on any atom is 0.294 e. The van der Waals surface area contributed by atoms with Crippen molar-refractivity contribution in [2.75, 3.05) is 0 Å². The Morgan fingerprint density at radius 3 is 2.86 bits per heavy atom. The van der Waals surface area contributed by atoms with Gasteiger partial charge in [0.25, 0.3) is 5.69 Å². The molecule has 0 radical (unpaired) electrons. The summed E-state index contributed by atoms with van der Waals surface area (Å²) >= 11 is 5.07. The highest BCUT2D eigenvalue weighted by Crippen LogP contribution is 2.36. The number of thiophene rings is 1. The number of rotatable bonds is 1. The molecule has 0 spiro atoms. The van der Waals surface area contributed by atoms with Crippen LogP contribution in [0.15, 0.2) is 22.4 Å². The fraction of sp³-hybridized carbons (Fsp3) is 0. The lowest BCUT2D eigenvalue weighted by atomic mass is 10.2. The van der Waals surface area contributed by atoms with E-state index in [9.17, 15) is 14.5 Å². The molecule has 0 saturated carbocycles. The minimum absolute atomic E-state index is 0.0486. The molecule has 1 aromatic carbocycles. The van der Waals surface area contributed by atoms with Crippen LogP contribution >= 0.6 is 24.0 Å². The van der Waals surface area contributed by atoms with E-state index in [2.05, 4.69) is 12.6 Å². The molecule has 2 rings (SSSR count). The molecule has 0 amide bonds. The number of benzene rings is 1. The van der Waals surface area contributed by atoms with Gasteiger partial charge in [0.2, 0.25) is 0 Å². The molecule has 6 heteroatoms. The number of halogens is 1. The van der Waals surface area contributed by atoms with Gasteiger partial charge >= 0.3 is 0 Å². The van der Waals surface area contributed by atoms with Gasteiger partial charge < -0.3 is 0 Å². The van der Waals surface area contributed by atoms with Crippen LogP contribution in [0.5, 0.6) is 0 Å². The molecule has 1 aromatic heterocycles. The van der Waals surface area contributed by atoms with Crippen molar-refractivity contribution in [3.05, 3.63) is 33.4 Å². The minimum Gasteiger partial charge on any atom is -0.258 e. The van der Waals surface area contributed by atoms with E-state index in [0.29, 0.717) is 4.70 Å². The summed E-state index contributed by atoms with van der Waals surface area (Å²) in [6, 6.07) is 3.12. The molecule has 0 aliphatic carbocycles. The van der Waals surface area contributed by atoms with Gasteiger partial charge in [-0.05, 0) is 12.1 Å². The Hall–Kier alpha value is -1.14. The Balaban J connectivity index is 2.94. The van der Waals surface area contributed by atoms with Crippen molar-refractivity contribution in [2.24, 2.45) is 0 Å². The van der Waals surface area contributed by atoms with Crippen molar-refractivity contribution < 1.29 is 9.31 Å². The zero-order chi connectivity index (χ0) is 10.3. The molecule has 14 heavy (non-hydrogen) atoms. The van der Waals surface area contributed by atoms with Crippen LogP contribution in [0.4, 0.5) is 10.1 Å². The van der Waals surface area contributed by atoms with Crippen LogP contribution in [-0.2, 0) is 0 Å². The van der Waals surface area contributed by atoms with Crippen molar-refractivity contribution >= 4 is 39.7 Å². The smallest absolute Gasteiger partial charge is 0.258 e. The Labute approximate surface area is 87.7 Å². The van der Waals surface area contributed by atoms with E-state index in [0.717, 1.165) is 11.3 Å². The molecule has 0 atom stereocenters. The molecule has 0 fully saturated rings. The largest absolute Gasteiger partial charge is 0.294 e. The first kappa shape index (κ1) is 9.42. The normalized spacial score (nSPS) is 10.7. The van der Waals surface area contributed by atoms with Gasteiger partial charge in [-0.3, -0.25) is 10.1 Å². The zero-order valence-electron chi connectivity index (χ0n) is 6.73. The minimum atomic E-state index is -0.611. The average Bonchev–Trinajstić information content (AvgIpc) is 2.47. The van der Waals surface area contributed by atoms with Gasteiger partial charge in [0.1, 0.15) is 11.2 Å². The lowest BCUT2D eigenvalue weighted by molar-refractivity contribution is -0.385. The molecule has 72 valence electrons. The molecule has 3 nitrogen and oxygen atoms in total. The monoisotopic (exact) mass is 229 g/mol. The summed E-state index contributed by atoms with van der Waals surface area (Å²) < 4.78 is 13.8. The summed E-state index contributed by atoms with van der Waals surface area (Å²) in [4.78, 5) is 10.3. The maximum atomic E-state index is 13.2. The third-order valence-electron chi connectivity index (χ3n) is 1.83. The summed E-state index contributed by atoms with van der Waals surface area (Å²) in [6.45, 7) is 0. The third-order valence-corrected chi connectivity index (χ3v) is 3.11. The Bertz CT molecular complexity index is 523. The van der Waals surface area contributed by atoms with E-state index in [-0.39, 0.29) is 16.0 Å². The van der Waals surface area contributed by atoms with Crippen LogP contribution in [0.25, 0.3) is 10.1 Å². The number of fused-ring (bicyclic) bond motifs is 1.